The number of fused-ring (bicyclic) bond motifs is 1. The first-order valence-electron chi connectivity index (χ1n) is 12.6. The molecule has 0 spiro atoms. The van der Waals surface area contributed by atoms with Crippen molar-refractivity contribution in [3.63, 3.8) is 0 Å². The van der Waals surface area contributed by atoms with Crippen molar-refractivity contribution in [1.29, 1.82) is 0 Å². The zero-order valence-corrected chi connectivity index (χ0v) is 23.0. The number of carboxylic acid groups (broad SMARTS) is 1. The lowest BCUT2D eigenvalue weighted by atomic mass is 9.96. The molecule has 7 nitrogen and oxygen atoms in total. The van der Waals surface area contributed by atoms with Crippen molar-refractivity contribution < 1.29 is 32.9 Å². The summed E-state index contributed by atoms with van der Waals surface area (Å²) < 4.78 is 37.3. The zero-order valence-electron chi connectivity index (χ0n) is 22.0. The van der Waals surface area contributed by atoms with Crippen molar-refractivity contribution in [2.45, 2.75) is 32.5 Å². The van der Waals surface area contributed by atoms with E-state index in [0.29, 0.717) is 22.5 Å². The van der Waals surface area contributed by atoms with Gasteiger partial charge in [-0.15, -0.1) is 0 Å². The van der Waals surface area contributed by atoms with E-state index in [1.807, 2.05) is 55.5 Å². The highest BCUT2D eigenvalue weighted by molar-refractivity contribution is 7.59. The lowest BCUT2D eigenvalue weighted by molar-refractivity contribution is -0.139. The van der Waals surface area contributed by atoms with Gasteiger partial charge in [-0.3, -0.25) is 10.1 Å². The van der Waals surface area contributed by atoms with E-state index in [9.17, 15) is 23.8 Å². The average Bonchev–Trinajstić information content (AvgIpc) is 3.34. The number of aromatic nitrogens is 1. The number of nitrogens with one attached hydrogen (secondary N) is 1. The fourth-order valence-corrected chi connectivity index (χ4v) is 4.60. The standard InChI is InChI=1S/C31H26F2N2O5.H2S/c1-18-23(20-6-3-2-4-7-20)8-5-9-24(18)29-35-25-15-21(27(40-31(32)33)16-28(25)39-29)17-34-26(30(37)38)14-19-10-12-22(36)13-11-19;/h2-13,15-16,26,31,34,36H,14,17H2,1H3,(H,37,38);1H2/t26-;/m0./s1. The van der Waals surface area contributed by atoms with Gasteiger partial charge in [-0.25, -0.2) is 4.98 Å². The summed E-state index contributed by atoms with van der Waals surface area (Å²) in [6.45, 7) is -1.19. The Hall–Kier alpha value is -4.41. The lowest BCUT2D eigenvalue weighted by Crippen LogP contribution is -2.38. The smallest absolute Gasteiger partial charge is 0.387 e. The van der Waals surface area contributed by atoms with Crippen molar-refractivity contribution >= 4 is 30.6 Å². The van der Waals surface area contributed by atoms with Gasteiger partial charge in [-0.1, -0.05) is 54.6 Å². The predicted molar refractivity (Wildman–Crippen MR) is 157 cm³/mol. The van der Waals surface area contributed by atoms with Gasteiger partial charge >= 0.3 is 12.6 Å². The second-order valence-corrected chi connectivity index (χ2v) is 9.31. The first-order chi connectivity index (χ1) is 19.3. The molecule has 0 aliphatic rings. The Balaban J connectivity index is 0.00000387. The summed E-state index contributed by atoms with van der Waals surface area (Å²) in [6.07, 6.45) is 0.119. The van der Waals surface area contributed by atoms with Gasteiger partial charge in [-0.05, 0) is 59.9 Å². The van der Waals surface area contributed by atoms with Crippen LogP contribution in [0.2, 0.25) is 0 Å². The molecule has 0 amide bonds. The van der Waals surface area contributed by atoms with Gasteiger partial charge in [0.15, 0.2) is 5.58 Å². The van der Waals surface area contributed by atoms with Crippen LogP contribution in [0, 0.1) is 6.92 Å². The van der Waals surface area contributed by atoms with Gasteiger partial charge < -0.3 is 19.4 Å². The number of alkyl halides is 2. The van der Waals surface area contributed by atoms with Crippen LogP contribution in [-0.2, 0) is 17.8 Å². The molecule has 3 N–H and O–H groups in total. The monoisotopic (exact) mass is 578 g/mol. The van der Waals surface area contributed by atoms with Crippen molar-refractivity contribution in [3.05, 3.63) is 102 Å². The highest BCUT2D eigenvalue weighted by Crippen LogP contribution is 2.35. The third kappa shape index (κ3) is 6.85. The SMILES string of the molecule is Cc1c(-c2ccccc2)cccc1-c1nc2cc(CN[C@@H](Cc3ccc(O)cc3)C(=O)O)c(OC(F)F)cc2o1.S. The van der Waals surface area contributed by atoms with Gasteiger partial charge in [0.1, 0.15) is 23.1 Å². The third-order valence-corrected chi connectivity index (χ3v) is 6.65. The molecule has 4 aromatic carbocycles. The van der Waals surface area contributed by atoms with Gasteiger partial charge in [0.25, 0.3) is 0 Å². The summed E-state index contributed by atoms with van der Waals surface area (Å²) in [7, 11) is 0. The van der Waals surface area contributed by atoms with E-state index in [1.165, 1.54) is 18.2 Å². The predicted octanol–water partition coefficient (Wildman–Crippen LogP) is 6.68. The molecule has 5 rings (SSSR count). The first kappa shape index (κ1) is 29.6. The van der Waals surface area contributed by atoms with Crippen LogP contribution in [0.15, 0.2) is 89.3 Å². The van der Waals surface area contributed by atoms with Crippen LogP contribution < -0.4 is 10.1 Å². The van der Waals surface area contributed by atoms with Gasteiger partial charge in [-0.2, -0.15) is 22.3 Å². The third-order valence-electron chi connectivity index (χ3n) is 6.65. The molecule has 0 aliphatic heterocycles. The van der Waals surface area contributed by atoms with Crippen molar-refractivity contribution in [2.24, 2.45) is 0 Å². The first-order valence-corrected chi connectivity index (χ1v) is 12.6. The highest BCUT2D eigenvalue weighted by Gasteiger charge is 2.21. The minimum absolute atomic E-state index is 0. The molecule has 10 heteroatoms. The van der Waals surface area contributed by atoms with Crippen LogP contribution in [0.5, 0.6) is 11.5 Å². The second kappa shape index (κ2) is 12.8. The number of aromatic hydroxyl groups is 1. The number of aliphatic carboxylic acids is 1. The Kier molecular flexibility index (Phi) is 9.26. The summed E-state index contributed by atoms with van der Waals surface area (Å²) in [5, 5.41) is 22.1. The van der Waals surface area contributed by atoms with E-state index < -0.39 is 18.6 Å². The Morgan fingerprint density at radius 1 is 1.00 bits per heavy atom. The van der Waals surface area contributed by atoms with E-state index in [4.69, 9.17) is 9.15 Å². The minimum atomic E-state index is -3.09. The molecular formula is C31H28F2N2O5S. The molecule has 0 saturated carbocycles. The number of oxazole rings is 1. The molecule has 41 heavy (non-hydrogen) atoms. The van der Waals surface area contributed by atoms with Gasteiger partial charge in [0.2, 0.25) is 5.89 Å². The molecule has 1 aromatic heterocycles. The van der Waals surface area contributed by atoms with Crippen molar-refractivity contribution in [2.75, 3.05) is 0 Å². The second-order valence-electron chi connectivity index (χ2n) is 9.31. The number of phenolic OH excluding ortho intramolecular Hbond substituents is 1. The maximum Gasteiger partial charge on any atom is 0.387 e. The number of rotatable bonds is 10. The average molecular weight is 579 g/mol. The quantitative estimate of drug-likeness (QED) is 0.170. The summed E-state index contributed by atoms with van der Waals surface area (Å²) >= 11 is 0. The lowest BCUT2D eigenvalue weighted by Gasteiger charge is -2.16. The molecule has 212 valence electrons. The normalized spacial score (nSPS) is 11.8. The number of carbonyl (C=O) groups is 1. The minimum Gasteiger partial charge on any atom is -0.508 e. The van der Waals surface area contributed by atoms with Crippen LogP contribution in [-0.4, -0.2) is 33.8 Å². The number of halogens is 2. The number of phenols is 1. The largest absolute Gasteiger partial charge is 0.508 e. The molecule has 0 fully saturated rings. The summed E-state index contributed by atoms with van der Waals surface area (Å²) in [4.78, 5) is 16.5. The Bertz CT molecular complexity index is 1640. The summed E-state index contributed by atoms with van der Waals surface area (Å²) in [6, 6.07) is 23.7. The molecule has 1 atom stereocenters. The number of ether oxygens (including phenoxy) is 1. The Labute approximate surface area is 241 Å². The molecule has 0 bridgehead atoms. The molecule has 0 saturated heterocycles. The number of hydrogen-bond acceptors (Lipinski definition) is 6. The number of hydrogen-bond donors (Lipinski definition) is 3. The number of carboxylic acids is 1. The summed E-state index contributed by atoms with van der Waals surface area (Å²) in [5.41, 5.74) is 5.43. The van der Waals surface area contributed by atoms with Gasteiger partial charge in [0.05, 0.1) is 0 Å². The Morgan fingerprint density at radius 3 is 2.39 bits per heavy atom. The molecule has 0 radical (unpaired) electrons. The highest BCUT2D eigenvalue weighted by atomic mass is 32.1. The Morgan fingerprint density at radius 2 is 1.71 bits per heavy atom. The summed E-state index contributed by atoms with van der Waals surface area (Å²) in [5.74, 6) is -0.849. The van der Waals surface area contributed by atoms with E-state index >= 15 is 0 Å². The van der Waals surface area contributed by atoms with Crippen LogP contribution in [0.4, 0.5) is 8.78 Å². The van der Waals surface area contributed by atoms with E-state index in [1.54, 1.807) is 18.2 Å². The molecule has 0 aliphatic carbocycles. The van der Waals surface area contributed by atoms with Crippen LogP contribution in [0.3, 0.4) is 0 Å². The fraction of sp³-hybridized carbons (Fsp3) is 0.161. The van der Waals surface area contributed by atoms with Gasteiger partial charge in [0, 0.05) is 23.7 Å². The van der Waals surface area contributed by atoms with Crippen LogP contribution >= 0.6 is 13.5 Å². The van der Waals surface area contributed by atoms with Crippen LogP contribution in [0.25, 0.3) is 33.7 Å². The molecular weight excluding hydrogens is 550 g/mol. The maximum atomic E-state index is 13.3. The van der Waals surface area contributed by atoms with Crippen LogP contribution in [0.1, 0.15) is 16.7 Å². The zero-order chi connectivity index (χ0) is 28.2. The number of benzene rings is 4. The maximum absolute atomic E-state index is 13.3. The molecule has 0 unspecified atom stereocenters. The van der Waals surface area contributed by atoms with E-state index in [0.717, 1.165) is 22.3 Å². The van der Waals surface area contributed by atoms with E-state index in [-0.39, 0.29) is 43.5 Å². The fourth-order valence-electron chi connectivity index (χ4n) is 4.60. The van der Waals surface area contributed by atoms with E-state index in [2.05, 4.69) is 10.3 Å². The van der Waals surface area contributed by atoms with Crippen molar-refractivity contribution in [3.8, 4) is 34.1 Å². The molecule has 1 heterocycles. The number of nitrogens with zero attached hydrogens (tertiary/aromatic N) is 1. The topological polar surface area (TPSA) is 105 Å². The molecule has 5 aromatic rings. The van der Waals surface area contributed by atoms with Crippen molar-refractivity contribution in [1.82, 2.24) is 10.3 Å².